The number of aromatic nitrogens is 2. The number of benzene rings is 1. The minimum absolute atomic E-state index is 0.214. The maximum absolute atomic E-state index is 13.1. The molecule has 1 amide bonds. The molecule has 3 rings (SSSR count). The van der Waals surface area contributed by atoms with Gasteiger partial charge in [0, 0.05) is 12.1 Å². The summed E-state index contributed by atoms with van der Waals surface area (Å²) < 4.78 is 19.0. The molecule has 0 spiro atoms. The van der Waals surface area contributed by atoms with E-state index in [0.717, 1.165) is 12.0 Å². The summed E-state index contributed by atoms with van der Waals surface area (Å²) in [6, 6.07) is 5.95. The lowest BCUT2D eigenvalue weighted by molar-refractivity contribution is -0.00293. The largest absolute Gasteiger partial charge is 0.376 e. The Hall–Kier alpha value is -2.21. The van der Waals surface area contributed by atoms with Crippen LogP contribution in [0, 0.1) is 11.7 Å². The van der Waals surface area contributed by atoms with Crippen molar-refractivity contribution in [1.82, 2.24) is 15.5 Å². The van der Waals surface area contributed by atoms with Gasteiger partial charge in [0.05, 0.1) is 30.2 Å². The standard InChI is InChI=1S/C19H24FN3O2/c1-13-4-2-3-5-17(13)25-11-10-21-19(24)16-12-22-23-18(16)14-6-8-15(20)9-7-14/h6-9,12-13,17H,2-5,10-11H2,1H3,(H,21,24)(H,22,23)/t13-,17+/m1/s1. The van der Waals surface area contributed by atoms with Crippen molar-refractivity contribution in [3.63, 3.8) is 0 Å². The summed E-state index contributed by atoms with van der Waals surface area (Å²) in [5.74, 6) is 0.0557. The summed E-state index contributed by atoms with van der Waals surface area (Å²) in [5.41, 5.74) is 1.74. The summed E-state index contributed by atoms with van der Waals surface area (Å²) >= 11 is 0. The van der Waals surface area contributed by atoms with Gasteiger partial charge in [0.2, 0.25) is 0 Å². The van der Waals surface area contributed by atoms with Crippen LogP contribution in [0.3, 0.4) is 0 Å². The van der Waals surface area contributed by atoms with Gasteiger partial charge in [0.25, 0.3) is 5.91 Å². The topological polar surface area (TPSA) is 67.0 Å². The van der Waals surface area contributed by atoms with Crippen molar-refractivity contribution in [3.05, 3.63) is 41.8 Å². The Morgan fingerprint density at radius 2 is 2.08 bits per heavy atom. The summed E-state index contributed by atoms with van der Waals surface area (Å²) in [6.45, 7) is 3.18. The summed E-state index contributed by atoms with van der Waals surface area (Å²) in [6.07, 6.45) is 6.60. The molecule has 25 heavy (non-hydrogen) atoms. The monoisotopic (exact) mass is 345 g/mol. The Morgan fingerprint density at radius 1 is 1.32 bits per heavy atom. The third-order valence-corrected chi connectivity index (χ3v) is 4.77. The molecule has 1 saturated carbocycles. The molecule has 0 radical (unpaired) electrons. The fourth-order valence-electron chi connectivity index (χ4n) is 3.29. The highest BCUT2D eigenvalue weighted by Crippen LogP contribution is 2.26. The van der Waals surface area contributed by atoms with Gasteiger partial charge >= 0.3 is 0 Å². The maximum Gasteiger partial charge on any atom is 0.255 e. The van der Waals surface area contributed by atoms with E-state index in [9.17, 15) is 9.18 Å². The van der Waals surface area contributed by atoms with Crippen LogP contribution >= 0.6 is 0 Å². The molecular weight excluding hydrogens is 321 g/mol. The molecule has 1 aromatic heterocycles. The first kappa shape index (κ1) is 17.6. The first-order chi connectivity index (χ1) is 12.1. The fraction of sp³-hybridized carbons (Fsp3) is 0.474. The molecule has 1 aromatic carbocycles. The molecule has 2 N–H and O–H groups in total. The average Bonchev–Trinajstić information content (AvgIpc) is 3.10. The maximum atomic E-state index is 13.1. The third kappa shape index (κ3) is 4.45. The van der Waals surface area contributed by atoms with Crippen LogP contribution in [-0.2, 0) is 4.74 Å². The van der Waals surface area contributed by atoms with E-state index in [2.05, 4.69) is 22.4 Å². The SMILES string of the molecule is C[C@@H]1CCCC[C@@H]1OCCNC(=O)c1cn[nH]c1-c1ccc(F)cc1. The highest BCUT2D eigenvalue weighted by molar-refractivity contribution is 5.99. The number of H-pyrrole nitrogens is 1. The second kappa shape index (κ2) is 8.25. The molecular formula is C19H24FN3O2. The quantitative estimate of drug-likeness (QED) is 0.787. The van der Waals surface area contributed by atoms with Gasteiger partial charge in [0.15, 0.2) is 0 Å². The molecule has 0 saturated heterocycles. The number of carbonyl (C=O) groups is 1. The van der Waals surface area contributed by atoms with E-state index in [-0.39, 0.29) is 11.7 Å². The van der Waals surface area contributed by atoms with E-state index in [1.54, 1.807) is 12.1 Å². The van der Waals surface area contributed by atoms with Gasteiger partial charge in [-0.3, -0.25) is 9.89 Å². The minimum Gasteiger partial charge on any atom is -0.376 e. The Kier molecular flexibility index (Phi) is 5.81. The van der Waals surface area contributed by atoms with Crippen LogP contribution in [0.1, 0.15) is 43.0 Å². The number of halogens is 1. The molecule has 0 bridgehead atoms. The predicted molar refractivity (Wildman–Crippen MR) is 93.7 cm³/mol. The fourth-order valence-corrected chi connectivity index (χ4v) is 3.29. The van der Waals surface area contributed by atoms with Gasteiger partial charge in [-0.15, -0.1) is 0 Å². The normalized spacial score (nSPS) is 20.4. The first-order valence-electron chi connectivity index (χ1n) is 8.84. The number of amides is 1. The highest BCUT2D eigenvalue weighted by Gasteiger charge is 2.21. The van der Waals surface area contributed by atoms with Gasteiger partial charge in [-0.25, -0.2) is 4.39 Å². The van der Waals surface area contributed by atoms with Gasteiger partial charge < -0.3 is 10.1 Å². The average molecular weight is 345 g/mol. The Balaban J connectivity index is 1.52. The lowest BCUT2D eigenvalue weighted by Gasteiger charge is -2.28. The van der Waals surface area contributed by atoms with Crippen molar-refractivity contribution in [3.8, 4) is 11.3 Å². The van der Waals surface area contributed by atoms with Crippen molar-refractivity contribution < 1.29 is 13.9 Å². The van der Waals surface area contributed by atoms with E-state index >= 15 is 0 Å². The highest BCUT2D eigenvalue weighted by atomic mass is 19.1. The van der Waals surface area contributed by atoms with Gasteiger partial charge in [0.1, 0.15) is 5.82 Å². The number of aromatic amines is 1. The molecule has 1 fully saturated rings. The molecule has 1 aliphatic rings. The van der Waals surface area contributed by atoms with Gasteiger partial charge in [-0.05, 0) is 43.0 Å². The van der Waals surface area contributed by atoms with Gasteiger partial charge in [-0.1, -0.05) is 19.8 Å². The molecule has 6 heteroatoms. The Labute approximate surface area is 147 Å². The predicted octanol–water partition coefficient (Wildman–Crippen LogP) is 3.54. The zero-order valence-corrected chi connectivity index (χ0v) is 14.4. The number of hydrogen-bond acceptors (Lipinski definition) is 3. The van der Waals surface area contributed by atoms with E-state index in [1.165, 1.54) is 37.6 Å². The van der Waals surface area contributed by atoms with Crippen molar-refractivity contribution in [1.29, 1.82) is 0 Å². The molecule has 1 aliphatic carbocycles. The minimum atomic E-state index is -0.316. The summed E-state index contributed by atoms with van der Waals surface area (Å²) in [7, 11) is 0. The van der Waals surface area contributed by atoms with Crippen LogP contribution in [-0.4, -0.2) is 35.4 Å². The molecule has 0 unspecified atom stereocenters. The summed E-state index contributed by atoms with van der Waals surface area (Å²) in [4.78, 5) is 12.4. The van der Waals surface area contributed by atoms with E-state index in [4.69, 9.17) is 4.74 Å². The molecule has 5 nitrogen and oxygen atoms in total. The van der Waals surface area contributed by atoms with Crippen LogP contribution in [0.4, 0.5) is 4.39 Å². The second-order valence-corrected chi connectivity index (χ2v) is 6.59. The van der Waals surface area contributed by atoms with Crippen molar-refractivity contribution in [2.24, 2.45) is 5.92 Å². The van der Waals surface area contributed by atoms with Gasteiger partial charge in [-0.2, -0.15) is 5.10 Å². The molecule has 2 aromatic rings. The van der Waals surface area contributed by atoms with Crippen molar-refractivity contribution in [2.75, 3.05) is 13.2 Å². The van der Waals surface area contributed by atoms with Crippen LogP contribution < -0.4 is 5.32 Å². The molecule has 134 valence electrons. The zero-order valence-electron chi connectivity index (χ0n) is 14.4. The van der Waals surface area contributed by atoms with Crippen LogP contribution in [0.15, 0.2) is 30.5 Å². The zero-order chi connectivity index (χ0) is 17.6. The van der Waals surface area contributed by atoms with Crippen LogP contribution in [0.25, 0.3) is 11.3 Å². The molecule has 2 atom stereocenters. The number of nitrogens with one attached hydrogen (secondary N) is 2. The number of ether oxygens (including phenoxy) is 1. The van der Waals surface area contributed by atoms with E-state index in [0.29, 0.717) is 36.4 Å². The number of carbonyl (C=O) groups excluding carboxylic acids is 1. The van der Waals surface area contributed by atoms with Crippen LogP contribution in [0.2, 0.25) is 0 Å². The number of hydrogen-bond donors (Lipinski definition) is 2. The van der Waals surface area contributed by atoms with Crippen molar-refractivity contribution in [2.45, 2.75) is 38.7 Å². The van der Waals surface area contributed by atoms with E-state index in [1.807, 2.05) is 0 Å². The van der Waals surface area contributed by atoms with Crippen LogP contribution in [0.5, 0.6) is 0 Å². The first-order valence-corrected chi connectivity index (χ1v) is 8.84. The summed E-state index contributed by atoms with van der Waals surface area (Å²) in [5, 5.41) is 9.61. The molecule has 1 heterocycles. The Bertz CT molecular complexity index is 699. The van der Waals surface area contributed by atoms with E-state index < -0.39 is 0 Å². The lowest BCUT2D eigenvalue weighted by atomic mass is 9.88. The lowest BCUT2D eigenvalue weighted by Crippen LogP contribution is -2.31. The smallest absolute Gasteiger partial charge is 0.255 e. The second-order valence-electron chi connectivity index (χ2n) is 6.59. The van der Waals surface area contributed by atoms with Crippen molar-refractivity contribution >= 4 is 5.91 Å². The third-order valence-electron chi connectivity index (χ3n) is 4.77. The Morgan fingerprint density at radius 3 is 2.84 bits per heavy atom. The number of nitrogens with zero attached hydrogens (tertiary/aromatic N) is 1. The number of rotatable bonds is 6. The molecule has 0 aliphatic heterocycles.